The minimum absolute atomic E-state index is 0.242. The summed E-state index contributed by atoms with van der Waals surface area (Å²) in [7, 11) is -1.97. The molecule has 0 bridgehead atoms. The number of hydrogen-bond acceptors (Lipinski definition) is 4. The highest BCUT2D eigenvalue weighted by molar-refractivity contribution is 7.87. The van der Waals surface area contributed by atoms with Crippen molar-refractivity contribution in [3.05, 3.63) is 29.8 Å². The van der Waals surface area contributed by atoms with Gasteiger partial charge in [0.1, 0.15) is 5.75 Å². The third-order valence-corrected chi connectivity index (χ3v) is 5.59. The molecule has 1 aliphatic heterocycles. The molecule has 1 aromatic rings. The molecule has 1 aliphatic rings. The van der Waals surface area contributed by atoms with Crippen LogP contribution in [0.1, 0.15) is 18.4 Å². The number of rotatable bonds is 7. The van der Waals surface area contributed by atoms with E-state index in [1.54, 1.807) is 7.11 Å². The summed E-state index contributed by atoms with van der Waals surface area (Å²) in [6, 6.07) is 7.47. The molecule has 2 N–H and O–H groups in total. The zero-order valence-electron chi connectivity index (χ0n) is 13.1. The van der Waals surface area contributed by atoms with Gasteiger partial charge in [0.15, 0.2) is 0 Å². The first-order valence-electron chi connectivity index (χ1n) is 7.53. The van der Waals surface area contributed by atoms with Gasteiger partial charge in [0.05, 0.1) is 13.0 Å². The Morgan fingerprint density at radius 3 is 2.70 bits per heavy atom. The third-order valence-electron chi connectivity index (χ3n) is 3.98. The molecule has 1 aromatic carbocycles. The van der Waals surface area contributed by atoms with E-state index in [1.807, 2.05) is 24.3 Å². The van der Waals surface area contributed by atoms with E-state index in [-0.39, 0.29) is 19.6 Å². The summed E-state index contributed by atoms with van der Waals surface area (Å²) in [6.45, 7) is 0.769. The lowest BCUT2D eigenvalue weighted by Crippen LogP contribution is -2.46. The second kappa shape index (κ2) is 7.76. The zero-order valence-corrected chi connectivity index (χ0v) is 13.9. The number of aliphatic carboxylic acids is 1. The molecule has 1 heterocycles. The van der Waals surface area contributed by atoms with Crippen molar-refractivity contribution in [1.82, 2.24) is 9.03 Å². The molecule has 0 aliphatic carbocycles. The van der Waals surface area contributed by atoms with E-state index in [1.165, 1.54) is 4.31 Å². The first-order chi connectivity index (χ1) is 10.9. The molecule has 23 heavy (non-hydrogen) atoms. The van der Waals surface area contributed by atoms with E-state index in [9.17, 15) is 13.2 Å². The lowest BCUT2D eigenvalue weighted by molar-refractivity contribution is -0.142. The van der Waals surface area contributed by atoms with Crippen LogP contribution in [0.2, 0.25) is 0 Å². The van der Waals surface area contributed by atoms with E-state index in [4.69, 9.17) is 9.84 Å². The summed E-state index contributed by atoms with van der Waals surface area (Å²) in [5.74, 6) is -0.563. The maximum atomic E-state index is 12.2. The highest BCUT2D eigenvalue weighted by atomic mass is 32.2. The molecule has 7 nitrogen and oxygen atoms in total. The number of ether oxygens (including phenoxy) is 1. The van der Waals surface area contributed by atoms with Crippen molar-refractivity contribution < 1.29 is 23.1 Å². The Morgan fingerprint density at radius 1 is 1.39 bits per heavy atom. The fourth-order valence-electron chi connectivity index (χ4n) is 2.59. The van der Waals surface area contributed by atoms with Gasteiger partial charge in [-0.25, -0.2) is 4.72 Å². The molecule has 0 amide bonds. The van der Waals surface area contributed by atoms with Crippen LogP contribution in [0.25, 0.3) is 0 Å². The van der Waals surface area contributed by atoms with E-state index in [2.05, 4.69) is 4.72 Å². The van der Waals surface area contributed by atoms with Crippen LogP contribution in [0.5, 0.6) is 5.75 Å². The van der Waals surface area contributed by atoms with Gasteiger partial charge in [0.2, 0.25) is 0 Å². The zero-order chi connectivity index (χ0) is 16.9. The average Bonchev–Trinajstić information content (AvgIpc) is 2.55. The molecule has 0 unspecified atom stereocenters. The van der Waals surface area contributed by atoms with Gasteiger partial charge in [0.25, 0.3) is 10.2 Å². The number of nitrogens with one attached hydrogen (secondary N) is 1. The Morgan fingerprint density at radius 2 is 2.09 bits per heavy atom. The SMILES string of the molecule is COc1cccc(CCNS(=O)(=O)N2CCC(C(=O)O)CC2)c1. The summed E-state index contributed by atoms with van der Waals surface area (Å²) in [5, 5.41) is 8.94. The summed E-state index contributed by atoms with van der Waals surface area (Å²) < 4.78 is 33.5. The average molecular weight is 342 g/mol. The molecular formula is C15H22N2O5S. The van der Waals surface area contributed by atoms with Crippen molar-refractivity contribution in [2.45, 2.75) is 19.3 Å². The van der Waals surface area contributed by atoms with Crippen molar-refractivity contribution in [3.8, 4) is 5.75 Å². The molecule has 1 saturated heterocycles. The predicted molar refractivity (Wildman–Crippen MR) is 85.6 cm³/mol. The molecule has 8 heteroatoms. The molecular weight excluding hydrogens is 320 g/mol. The van der Waals surface area contributed by atoms with Gasteiger partial charge in [-0.3, -0.25) is 4.79 Å². The Kier molecular flexibility index (Phi) is 5.97. The fraction of sp³-hybridized carbons (Fsp3) is 0.533. The number of nitrogens with zero attached hydrogens (tertiary/aromatic N) is 1. The van der Waals surface area contributed by atoms with Crippen molar-refractivity contribution in [1.29, 1.82) is 0 Å². The van der Waals surface area contributed by atoms with Gasteiger partial charge in [-0.05, 0) is 37.0 Å². The number of piperidine rings is 1. The smallest absolute Gasteiger partial charge is 0.306 e. The largest absolute Gasteiger partial charge is 0.497 e. The highest BCUT2D eigenvalue weighted by Crippen LogP contribution is 2.19. The van der Waals surface area contributed by atoms with Crippen molar-refractivity contribution in [2.24, 2.45) is 5.92 Å². The second-order valence-corrected chi connectivity index (χ2v) is 7.27. The minimum atomic E-state index is -3.56. The monoisotopic (exact) mass is 342 g/mol. The Balaban J connectivity index is 1.83. The number of carboxylic acids is 1. The van der Waals surface area contributed by atoms with E-state index in [0.717, 1.165) is 11.3 Å². The van der Waals surface area contributed by atoms with Crippen molar-refractivity contribution in [2.75, 3.05) is 26.7 Å². The number of carbonyl (C=O) groups is 1. The lowest BCUT2D eigenvalue weighted by Gasteiger charge is -2.29. The van der Waals surface area contributed by atoms with Crippen LogP contribution >= 0.6 is 0 Å². The van der Waals surface area contributed by atoms with Crippen LogP contribution in [-0.2, 0) is 21.4 Å². The predicted octanol–water partition coefficient (Wildman–Crippen LogP) is 0.869. The van der Waals surface area contributed by atoms with Crippen LogP contribution in [-0.4, -0.2) is 50.5 Å². The number of hydrogen-bond donors (Lipinski definition) is 2. The molecule has 2 rings (SSSR count). The van der Waals surface area contributed by atoms with Gasteiger partial charge in [-0.1, -0.05) is 12.1 Å². The van der Waals surface area contributed by atoms with Crippen LogP contribution < -0.4 is 9.46 Å². The third kappa shape index (κ3) is 4.92. The second-order valence-electron chi connectivity index (χ2n) is 5.51. The Bertz CT molecular complexity index is 639. The van der Waals surface area contributed by atoms with E-state index >= 15 is 0 Å². The number of carboxylic acid groups (broad SMARTS) is 1. The van der Waals surface area contributed by atoms with Crippen molar-refractivity contribution >= 4 is 16.2 Å². The fourth-order valence-corrected chi connectivity index (χ4v) is 3.82. The van der Waals surface area contributed by atoms with Gasteiger partial charge in [-0.15, -0.1) is 0 Å². The maximum absolute atomic E-state index is 12.2. The summed E-state index contributed by atoms with van der Waals surface area (Å²) >= 11 is 0. The van der Waals surface area contributed by atoms with Crippen LogP contribution in [0.3, 0.4) is 0 Å². The molecule has 0 radical (unpaired) electrons. The number of benzene rings is 1. The molecule has 0 aromatic heterocycles. The normalized spacial score (nSPS) is 17.1. The van der Waals surface area contributed by atoms with Gasteiger partial charge >= 0.3 is 5.97 Å². The quantitative estimate of drug-likeness (QED) is 0.766. The highest BCUT2D eigenvalue weighted by Gasteiger charge is 2.30. The summed E-state index contributed by atoms with van der Waals surface area (Å²) in [4.78, 5) is 10.9. The van der Waals surface area contributed by atoms with E-state index in [0.29, 0.717) is 19.3 Å². The first-order valence-corrected chi connectivity index (χ1v) is 8.97. The van der Waals surface area contributed by atoms with Crippen LogP contribution in [0.4, 0.5) is 0 Å². The molecule has 0 atom stereocenters. The summed E-state index contributed by atoms with van der Waals surface area (Å²) in [5.41, 5.74) is 0.983. The molecule has 1 fully saturated rings. The minimum Gasteiger partial charge on any atom is -0.497 e. The topological polar surface area (TPSA) is 95.9 Å². The Hall–Kier alpha value is -1.64. The standard InChI is InChI=1S/C15H22N2O5S/c1-22-14-4-2-3-12(11-14)5-8-16-23(20,21)17-9-6-13(7-10-17)15(18)19/h2-4,11,13,16H,5-10H2,1H3,(H,18,19). The number of methoxy groups -OCH3 is 1. The van der Waals surface area contributed by atoms with Crippen LogP contribution in [0.15, 0.2) is 24.3 Å². The maximum Gasteiger partial charge on any atom is 0.306 e. The van der Waals surface area contributed by atoms with Crippen LogP contribution in [0, 0.1) is 5.92 Å². The molecule has 0 spiro atoms. The van der Waals surface area contributed by atoms with Gasteiger partial charge < -0.3 is 9.84 Å². The first kappa shape index (κ1) is 17.7. The lowest BCUT2D eigenvalue weighted by atomic mass is 9.99. The Labute approximate surface area is 136 Å². The van der Waals surface area contributed by atoms with E-state index < -0.39 is 22.1 Å². The molecule has 128 valence electrons. The summed E-state index contributed by atoms with van der Waals surface area (Å²) in [6.07, 6.45) is 1.26. The van der Waals surface area contributed by atoms with Gasteiger partial charge in [-0.2, -0.15) is 12.7 Å². The molecule has 0 saturated carbocycles. The van der Waals surface area contributed by atoms with Gasteiger partial charge in [0, 0.05) is 19.6 Å². The van der Waals surface area contributed by atoms with Crippen molar-refractivity contribution in [3.63, 3.8) is 0 Å².